The Balaban J connectivity index is 1.98. The lowest BCUT2D eigenvalue weighted by atomic mass is 10.1. The summed E-state index contributed by atoms with van der Waals surface area (Å²) in [6.07, 6.45) is 5.10. The zero-order chi connectivity index (χ0) is 13.8. The third-order valence-corrected chi connectivity index (χ3v) is 3.92. The van der Waals surface area contributed by atoms with Crippen LogP contribution in [-0.4, -0.2) is 35.3 Å². The maximum atomic E-state index is 12.1. The average Bonchev–Trinajstić information content (AvgIpc) is 2.63. The standard InChI is InChI=1S/C14H18N2O2S/c1-19-8-4-2-3-7-16-13(17)11-6-5-10(15)9-12(11)14(16)18/h5-6,9H,2-4,7-8,15H2,1H3. The number of anilines is 1. The lowest BCUT2D eigenvalue weighted by Crippen LogP contribution is -2.30. The molecule has 0 saturated heterocycles. The third-order valence-electron chi connectivity index (χ3n) is 3.22. The number of nitrogens with two attached hydrogens (primary N) is 1. The highest BCUT2D eigenvalue weighted by atomic mass is 32.2. The molecule has 1 aliphatic rings. The molecule has 0 spiro atoms. The summed E-state index contributed by atoms with van der Waals surface area (Å²) in [6.45, 7) is 0.501. The number of amides is 2. The van der Waals surface area contributed by atoms with Gasteiger partial charge in [0.25, 0.3) is 11.8 Å². The van der Waals surface area contributed by atoms with Gasteiger partial charge in [-0.3, -0.25) is 14.5 Å². The van der Waals surface area contributed by atoms with Gasteiger partial charge in [-0.1, -0.05) is 6.42 Å². The largest absolute Gasteiger partial charge is 0.399 e. The minimum Gasteiger partial charge on any atom is -0.399 e. The number of imide groups is 1. The van der Waals surface area contributed by atoms with E-state index in [1.807, 2.05) is 11.8 Å². The van der Waals surface area contributed by atoms with E-state index in [1.54, 1.807) is 18.2 Å². The fourth-order valence-corrected chi connectivity index (χ4v) is 2.70. The molecule has 1 aromatic rings. The number of carbonyl (C=O) groups is 2. The highest BCUT2D eigenvalue weighted by molar-refractivity contribution is 7.98. The van der Waals surface area contributed by atoms with Crippen LogP contribution in [0.3, 0.4) is 0 Å². The molecule has 2 amide bonds. The molecular weight excluding hydrogens is 260 g/mol. The van der Waals surface area contributed by atoms with Crippen LogP contribution in [0.4, 0.5) is 5.69 Å². The lowest BCUT2D eigenvalue weighted by molar-refractivity contribution is 0.0651. The van der Waals surface area contributed by atoms with Crippen LogP contribution >= 0.6 is 11.8 Å². The first-order valence-electron chi connectivity index (χ1n) is 6.40. The van der Waals surface area contributed by atoms with E-state index in [1.165, 1.54) is 4.90 Å². The van der Waals surface area contributed by atoms with Crippen LogP contribution in [0.5, 0.6) is 0 Å². The molecule has 0 unspecified atom stereocenters. The zero-order valence-electron chi connectivity index (χ0n) is 11.0. The van der Waals surface area contributed by atoms with E-state index in [9.17, 15) is 9.59 Å². The number of rotatable bonds is 6. The normalized spacial score (nSPS) is 14.1. The van der Waals surface area contributed by atoms with Crippen LogP contribution in [0.2, 0.25) is 0 Å². The van der Waals surface area contributed by atoms with Crippen molar-refractivity contribution in [3.63, 3.8) is 0 Å². The minimum absolute atomic E-state index is 0.190. The predicted molar refractivity (Wildman–Crippen MR) is 78.5 cm³/mol. The first-order valence-corrected chi connectivity index (χ1v) is 7.79. The first kappa shape index (κ1) is 13.9. The molecule has 5 heteroatoms. The summed E-state index contributed by atoms with van der Waals surface area (Å²) in [5, 5.41) is 0. The van der Waals surface area contributed by atoms with Crippen LogP contribution < -0.4 is 5.73 Å². The van der Waals surface area contributed by atoms with Crippen molar-refractivity contribution in [2.24, 2.45) is 0 Å². The van der Waals surface area contributed by atoms with Crippen molar-refractivity contribution in [3.8, 4) is 0 Å². The molecule has 0 radical (unpaired) electrons. The van der Waals surface area contributed by atoms with Crippen molar-refractivity contribution in [1.29, 1.82) is 0 Å². The highest BCUT2D eigenvalue weighted by Crippen LogP contribution is 2.25. The summed E-state index contributed by atoms with van der Waals surface area (Å²) in [4.78, 5) is 25.6. The van der Waals surface area contributed by atoms with Crippen LogP contribution in [0.1, 0.15) is 40.0 Å². The number of nitrogen functional groups attached to an aromatic ring is 1. The van der Waals surface area contributed by atoms with Gasteiger partial charge in [0.05, 0.1) is 11.1 Å². The predicted octanol–water partition coefficient (Wildman–Crippen LogP) is 2.40. The smallest absolute Gasteiger partial charge is 0.261 e. The van der Waals surface area contributed by atoms with Crippen molar-refractivity contribution in [2.75, 3.05) is 24.3 Å². The van der Waals surface area contributed by atoms with E-state index >= 15 is 0 Å². The second-order valence-corrected chi connectivity index (χ2v) is 5.61. The Hall–Kier alpha value is -1.49. The number of fused-ring (bicyclic) bond motifs is 1. The molecule has 19 heavy (non-hydrogen) atoms. The van der Waals surface area contributed by atoms with Gasteiger partial charge in [-0.05, 0) is 43.0 Å². The Bertz CT molecular complexity index is 502. The maximum absolute atomic E-state index is 12.1. The minimum atomic E-state index is -0.211. The summed E-state index contributed by atoms with van der Waals surface area (Å²) < 4.78 is 0. The Labute approximate surface area is 117 Å². The van der Waals surface area contributed by atoms with Gasteiger partial charge >= 0.3 is 0 Å². The van der Waals surface area contributed by atoms with Crippen LogP contribution in [-0.2, 0) is 0 Å². The van der Waals surface area contributed by atoms with Gasteiger partial charge in [0.2, 0.25) is 0 Å². The van der Waals surface area contributed by atoms with Crippen LogP contribution in [0.25, 0.3) is 0 Å². The average molecular weight is 278 g/mol. The second kappa shape index (κ2) is 6.10. The number of nitrogens with zero attached hydrogens (tertiary/aromatic N) is 1. The number of carbonyl (C=O) groups excluding carboxylic acids is 2. The van der Waals surface area contributed by atoms with E-state index in [2.05, 4.69) is 6.26 Å². The van der Waals surface area contributed by atoms with Gasteiger partial charge in [0, 0.05) is 12.2 Å². The van der Waals surface area contributed by atoms with Crippen molar-refractivity contribution < 1.29 is 9.59 Å². The lowest BCUT2D eigenvalue weighted by Gasteiger charge is -2.13. The monoisotopic (exact) mass is 278 g/mol. The highest BCUT2D eigenvalue weighted by Gasteiger charge is 2.34. The first-order chi connectivity index (χ1) is 9.15. The van der Waals surface area contributed by atoms with Gasteiger partial charge in [-0.25, -0.2) is 0 Å². The molecular formula is C14H18N2O2S. The van der Waals surface area contributed by atoms with Crippen molar-refractivity contribution in [2.45, 2.75) is 19.3 Å². The van der Waals surface area contributed by atoms with Gasteiger partial charge < -0.3 is 5.73 Å². The van der Waals surface area contributed by atoms with E-state index < -0.39 is 0 Å². The van der Waals surface area contributed by atoms with Gasteiger partial charge in [-0.2, -0.15) is 11.8 Å². The third kappa shape index (κ3) is 2.92. The van der Waals surface area contributed by atoms with Gasteiger partial charge in [0.1, 0.15) is 0 Å². The fraction of sp³-hybridized carbons (Fsp3) is 0.429. The molecule has 0 atom stereocenters. The Morgan fingerprint density at radius 1 is 1.11 bits per heavy atom. The van der Waals surface area contributed by atoms with Crippen molar-refractivity contribution in [3.05, 3.63) is 29.3 Å². The Kier molecular flexibility index (Phi) is 4.47. The fourth-order valence-electron chi connectivity index (χ4n) is 2.20. The molecule has 1 aliphatic heterocycles. The summed E-state index contributed by atoms with van der Waals surface area (Å²) in [7, 11) is 0. The number of thioether (sulfide) groups is 1. The van der Waals surface area contributed by atoms with E-state index in [0.717, 1.165) is 25.0 Å². The molecule has 0 fully saturated rings. The molecule has 1 aromatic carbocycles. The Morgan fingerprint density at radius 3 is 2.58 bits per heavy atom. The number of unbranched alkanes of at least 4 members (excludes halogenated alkanes) is 2. The Morgan fingerprint density at radius 2 is 1.84 bits per heavy atom. The molecule has 102 valence electrons. The topological polar surface area (TPSA) is 63.4 Å². The maximum Gasteiger partial charge on any atom is 0.261 e. The van der Waals surface area contributed by atoms with Crippen molar-refractivity contribution >= 4 is 29.3 Å². The van der Waals surface area contributed by atoms with E-state index in [0.29, 0.717) is 23.4 Å². The summed E-state index contributed by atoms with van der Waals surface area (Å²) in [5.74, 6) is 0.723. The number of benzene rings is 1. The summed E-state index contributed by atoms with van der Waals surface area (Å²) >= 11 is 1.82. The van der Waals surface area contributed by atoms with Crippen molar-refractivity contribution in [1.82, 2.24) is 4.90 Å². The van der Waals surface area contributed by atoms with Gasteiger partial charge in [0.15, 0.2) is 0 Å². The molecule has 2 rings (SSSR count). The molecule has 0 saturated carbocycles. The van der Waals surface area contributed by atoms with Crippen LogP contribution in [0.15, 0.2) is 18.2 Å². The number of hydrogen-bond acceptors (Lipinski definition) is 4. The molecule has 0 aliphatic carbocycles. The molecule has 0 bridgehead atoms. The molecule has 2 N–H and O–H groups in total. The quantitative estimate of drug-likeness (QED) is 0.493. The van der Waals surface area contributed by atoms with E-state index in [-0.39, 0.29) is 11.8 Å². The summed E-state index contributed by atoms with van der Waals surface area (Å²) in [5.41, 5.74) is 7.08. The molecule has 4 nitrogen and oxygen atoms in total. The van der Waals surface area contributed by atoms with E-state index in [4.69, 9.17) is 5.73 Å². The second-order valence-electron chi connectivity index (χ2n) is 4.62. The molecule has 1 heterocycles. The molecule has 0 aromatic heterocycles. The number of hydrogen-bond donors (Lipinski definition) is 1. The SMILES string of the molecule is CSCCCCCN1C(=O)c2ccc(N)cc2C1=O. The van der Waals surface area contributed by atoms with Gasteiger partial charge in [-0.15, -0.1) is 0 Å². The van der Waals surface area contributed by atoms with Crippen LogP contribution in [0, 0.1) is 0 Å². The summed E-state index contributed by atoms with van der Waals surface area (Å²) in [6, 6.07) is 4.88. The zero-order valence-corrected chi connectivity index (χ0v) is 11.8.